The van der Waals surface area contributed by atoms with Crippen LogP contribution in [0.3, 0.4) is 0 Å². The van der Waals surface area contributed by atoms with Gasteiger partial charge in [-0.15, -0.1) is 11.3 Å². The average molecular weight is 628 g/mol. The highest BCUT2D eigenvalue weighted by molar-refractivity contribution is 7.10. The molecule has 0 radical (unpaired) electrons. The Morgan fingerprint density at radius 2 is 1.82 bits per heavy atom. The minimum Gasteiger partial charge on any atom is -0.510 e. The summed E-state index contributed by atoms with van der Waals surface area (Å²) in [4.78, 5) is 68.8. The molecule has 4 N–H and O–H groups in total. The molecule has 0 aliphatic carbocycles. The number of nitrogens with zero attached hydrogens (tertiary/aromatic N) is 4. The maximum atomic E-state index is 13.8. The lowest BCUT2D eigenvalue weighted by Gasteiger charge is -2.30. The van der Waals surface area contributed by atoms with Gasteiger partial charge in [0, 0.05) is 11.9 Å². The maximum Gasteiger partial charge on any atom is 0.274 e. The van der Waals surface area contributed by atoms with Crippen LogP contribution in [0.1, 0.15) is 107 Å². The summed E-state index contributed by atoms with van der Waals surface area (Å²) in [5.74, 6) is -2.11. The zero-order valence-corrected chi connectivity index (χ0v) is 26.9. The fraction of sp³-hybridized carbons (Fsp3) is 0.567. The molecule has 0 aromatic carbocycles. The van der Waals surface area contributed by atoms with Gasteiger partial charge in [0.1, 0.15) is 35.2 Å². The minimum atomic E-state index is -0.884. The van der Waals surface area contributed by atoms with E-state index in [0.717, 1.165) is 6.26 Å². The lowest BCUT2D eigenvalue weighted by atomic mass is 10.0. The van der Waals surface area contributed by atoms with Crippen LogP contribution < -0.4 is 16.0 Å². The fourth-order valence-corrected chi connectivity index (χ4v) is 6.31. The molecule has 4 bridgehead atoms. The van der Waals surface area contributed by atoms with Crippen molar-refractivity contribution in [1.82, 2.24) is 30.8 Å². The molecule has 2 aliphatic heterocycles. The summed E-state index contributed by atoms with van der Waals surface area (Å²) in [7, 11) is 0. The van der Waals surface area contributed by atoms with E-state index in [1.807, 2.05) is 27.7 Å². The number of aromatic nitrogens is 2. The van der Waals surface area contributed by atoms with Crippen LogP contribution in [0.4, 0.5) is 0 Å². The molecule has 4 heterocycles. The van der Waals surface area contributed by atoms with Crippen molar-refractivity contribution in [2.45, 2.75) is 91.9 Å². The number of amides is 4. The first-order valence-corrected chi connectivity index (χ1v) is 15.7. The predicted octanol–water partition coefficient (Wildman–Crippen LogP) is 3.57. The van der Waals surface area contributed by atoms with E-state index < -0.39 is 36.0 Å². The smallest absolute Gasteiger partial charge is 0.274 e. The second kappa shape index (κ2) is 13.7. The van der Waals surface area contributed by atoms with Gasteiger partial charge in [-0.25, -0.2) is 15.0 Å². The van der Waals surface area contributed by atoms with E-state index in [4.69, 9.17) is 9.40 Å². The van der Waals surface area contributed by atoms with E-state index in [2.05, 4.69) is 25.9 Å². The number of aliphatic hydroxyl groups is 1. The van der Waals surface area contributed by atoms with Gasteiger partial charge >= 0.3 is 0 Å². The van der Waals surface area contributed by atoms with Gasteiger partial charge in [0.15, 0.2) is 11.4 Å². The Hall–Kier alpha value is -4.07. The first-order chi connectivity index (χ1) is 20.8. The maximum absolute atomic E-state index is 13.8. The molecule has 1 fully saturated rings. The number of aliphatic hydroxyl groups excluding tert-OH is 1. The van der Waals surface area contributed by atoms with Crippen LogP contribution in [-0.4, -0.2) is 67.9 Å². The van der Waals surface area contributed by atoms with Gasteiger partial charge in [0.25, 0.3) is 11.8 Å². The van der Waals surface area contributed by atoms with E-state index >= 15 is 0 Å². The first kappa shape index (κ1) is 32.8. The zero-order chi connectivity index (χ0) is 32.3. The Labute approximate surface area is 260 Å². The van der Waals surface area contributed by atoms with Gasteiger partial charge in [0.05, 0.1) is 17.4 Å². The quantitative estimate of drug-likeness (QED) is 0.295. The van der Waals surface area contributed by atoms with Crippen molar-refractivity contribution in [1.29, 1.82) is 0 Å². The Morgan fingerprint density at radius 1 is 1.09 bits per heavy atom. The van der Waals surface area contributed by atoms with Crippen molar-refractivity contribution in [3.05, 3.63) is 45.4 Å². The molecule has 4 atom stereocenters. The first-order valence-electron chi connectivity index (χ1n) is 14.9. The van der Waals surface area contributed by atoms with Gasteiger partial charge in [-0.2, -0.15) is 0 Å². The molecule has 2 aromatic rings. The highest BCUT2D eigenvalue weighted by Gasteiger charge is 2.39. The number of thiazole rings is 1. The van der Waals surface area contributed by atoms with E-state index in [0.29, 0.717) is 42.2 Å². The number of nitrogens with one attached hydrogen (secondary N) is 3. The third-order valence-electron chi connectivity index (χ3n) is 7.58. The molecule has 0 spiro atoms. The summed E-state index contributed by atoms with van der Waals surface area (Å²) in [5, 5.41) is 21.3. The summed E-state index contributed by atoms with van der Waals surface area (Å²) in [6, 6.07) is -2.79. The number of carbonyl (C=O) groups is 4. The largest absolute Gasteiger partial charge is 0.510 e. The number of carbonyl (C=O) groups excluding carboxylic acids is 4. The highest BCUT2D eigenvalue weighted by atomic mass is 32.1. The third-order valence-corrected chi connectivity index (χ3v) is 8.51. The van der Waals surface area contributed by atoms with Crippen LogP contribution in [-0.2, 0) is 14.4 Å². The standard InChI is InChI=1S/C30H41N7O6S/c1-14(2)11-19-30(42)37-10-8-9-22(37)26(40)36-23(15(3)4)29-35-21(13-44-29)16(5)31-24(18(7)38)27(41)32-17(6)28-34-20(12-43-28)25(39)33-19/h12-15,17,19,22-23,38H,8-11H2,1-7H3,(H,32,41)(H,33,39)(H,36,40)/b24-18-,31-16?/t17-,19-,22?,23-/m0/s1. The number of aliphatic imine (C=N–C) groups is 1. The lowest BCUT2D eigenvalue weighted by Crippen LogP contribution is -2.54. The van der Waals surface area contributed by atoms with Crippen LogP contribution in [0.2, 0.25) is 0 Å². The third kappa shape index (κ3) is 7.34. The van der Waals surface area contributed by atoms with Crippen molar-refractivity contribution in [2.75, 3.05) is 6.54 Å². The lowest BCUT2D eigenvalue weighted by molar-refractivity contribution is -0.140. The molecule has 4 rings (SSSR count). The number of hydrogen-bond donors (Lipinski definition) is 4. The summed E-state index contributed by atoms with van der Waals surface area (Å²) in [6.45, 7) is 12.9. The van der Waals surface area contributed by atoms with Gasteiger partial charge in [0.2, 0.25) is 17.7 Å². The second-order valence-electron chi connectivity index (χ2n) is 12.0. The van der Waals surface area contributed by atoms with Crippen LogP contribution >= 0.6 is 11.3 Å². The van der Waals surface area contributed by atoms with E-state index in [1.165, 1.54) is 18.3 Å². The Kier molecular flexibility index (Phi) is 10.2. The fourth-order valence-electron chi connectivity index (χ4n) is 5.23. The number of allylic oxidation sites excluding steroid dienone is 1. The molecular weight excluding hydrogens is 586 g/mol. The molecule has 0 saturated carbocycles. The molecule has 14 heteroatoms. The normalized spacial score (nSPS) is 25.2. The van der Waals surface area contributed by atoms with Gasteiger partial charge < -0.3 is 30.4 Å². The summed E-state index contributed by atoms with van der Waals surface area (Å²) in [5.41, 5.74) is 0.597. The number of hydrogen-bond acceptors (Lipinski definition) is 10. The van der Waals surface area contributed by atoms with Crippen LogP contribution in [0.5, 0.6) is 0 Å². The monoisotopic (exact) mass is 627 g/mol. The summed E-state index contributed by atoms with van der Waals surface area (Å²) < 4.78 is 5.49. The highest BCUT2D eigenvalue weighted by Crippen LogP contribution is 2.28. The molecule has 1 unspecified atom stereocenters. The molecule has 2 aliphatic rings. The minimum absolute atomic E-state index is 0.0232. The molecule has 2 aromatic heterocycles. The van der Waals surface area contributed by atoms with Crippen molar-refractivity contribution >= 4 is 40.7 Å². The Morgan fingerprint density at radius 3 is 2.48 bits per heavy atom. The van der Waals surface area contributed by atoms with Crippen molar-refractivity contribution in [3.63, 3.8) is 0 Å². The van der Waals surface area contributed by atoms with Gasteiger partial charge in [-0.3, -0.25) is 19.2 Å². The average Bonchev–Trinajstić information content (AvgIpc) is 3.73. The molecule has 4 amide bonds. The van der Waals surface area contributed by atoms with E-state index in [9.17, 15) is 24.3 Å². The molecule has 1 saturated heterocycles. The SMILES string of the molecule is CC1=N/C(=C(/C)O)C(=O)N[C@@H](C)c2nc(co2)C(=O)N[C@@H](CC(C)C)C(=O)N2CCCC2C(=O)N[C@@H](C(C)C)c2nc1cs2. The number of oxazole rings is 1. The Balaban J connectivity index is 1.76. The van der Waals surface area contributed by atoms with E-state index in [-0.39, 0.29) is 46.7 Å². The Bertz CT molecular complexity index is 1470. The zero-order valence-electron chi connectivity index (χ0n) is 26.1. The predicted molar refractivity (Wildman–Crippen MR) is 164 cm³/mol. The van der Waals surface area contributed by atoms with Crippen molar-refractivity contribution < 1.29 is 28.7 Å². The molecule has 238 valence electrons. The van der Waals surface area contributed by atoms with Crippen LogP contribution in [0.25, 0.3) is 0 Å². The van der Waals surface area contributed by atoms with Gasteiger partial charge in [-0.1, -0.05) is 27.7 Å². The van der Waals surface area contributed by atoms with Gasteiger partial charge in [-0.05, 0) is 51.9 Å². The van der Waals surface area contributed by atoms with Crippen molar-refractivity contribution in [2.24, 2.45) is 16.8 Å². The van der Waals surface area contributed by atoms with Crippen LogP contribution in [0, 0.1) is 11.8 Å². The van der Waals surface area contributed by atoms with E-state index in [1.54, 1.807) is 24.1 Å². The topological polar surface area (TPSA) is 179 Å². The van der Waals surface area contributed by atoms with Crippen LogP contribution in [0.15, 0.2) is 32.5 Å². The van der Waals surface area contributed by atoms with Crippen molar-refractivity contribution in [3.8, 4) is 0 Å². The summed E-state index contributed by atoms with van der Waals surface area (Å²) >= 11 is 1.35. The second-order valence-corrected chi connectivity index (χ2v) is 12.9. The number of fused-ring (bicyclic) bond motifs is 5. The summed E-state index contributed by atoms with van der Waals surface area (Å²) in [6.07, 6.45) is 2.68. The number of rotatable bonds is 3. The molecule has 13 nitrogen and oxygen atoms in total. The molecular formula is C30H41N7O6S. The molecule has 44 heavy (non-hydrogen) atoms.